The van der Waals surface area contributed by atoms with E-state index in [0.717, 1.165) is 5.56 Å². The zero-order chi connectivity index (χ0) is 15.1. The fourth-order valence-electron chi connectivity index (χ4n) is 2.03. The van der Waals surface area contributed by atoms with Crippen molar-refractivity contribution in [3.63, 3.8) is 0 Å². The van der Waals surface area contributed by atoms with Crippen LogP contribution in [0.4, 0.5) is 0 Å². The Bertz CT molecular complexity index is 577. The van der Waals surface area contributed by atoms with Crippen LogP contribution in [0.3, 0.4) is 0 Å². The lowest BCUT2D eigenvalue weighted by molar-refractivity contribution is -0.159. The average molecular weight is 322 g/mol. The maximum Gasteiger partial charge on any atom is 0.363 e. The highest BCUT2D eigenvalue weighted by Gasteiger charge is 2.38. The van der Waals surface area contributed by atoms with E-state index in [2.05, 4.69) is 5.32 Å². The maximum atomic E-state index is 11.7. The van der Waals surface area contributed by atoms with Gasteiger partial charge in [0.15, 0.2) is 0 Å². The van der Waals surface area contributed by atoms with Crippen molar-refractivity contribution in [2.75, 3.05) is 0 Å². The number of benzene rings is 2. The van der Waals surface area contributed by atoms with Gasteiger partial charge in [-0.05, 0) is 17.7 Å². The van der Waals surface area contributed by atoms with E-state index < -0.39 is 11.7 Å². The Kier molecular flexibility index (Phi) is 6.89. The molecule has 5 heteroatoms. The van der Waals surface area contributed by atoms with Crippen LogP contribution in [0.1, 0.15) is 18.9 Å². The summed E-state index contributed by atoms with van der Waals surface area (Å²) >= 11 is 0. The molecule has 0 heterocycles. The number of carboxylic acid groups (broad SMARTS) is 1. The lowest BCUT2D eigenvalue weighted by Gasteiger charge is -2.30. The summed E-state index contributed by atoms with van der Waals surface area (Å²) in [5, 5.41) is 12.6. The van der Waals surface area contributed by atoms with Gasteiger partial charge < -0.3 is 9.84 Å². The van der Waals surface area contributed by atoms with Gasteiger partial charge in [-0.1, -0.05) is 55.5 Å². The maximum absolute atomic E-state index is 11.7. The molecule has 0 aliphatic carbocycles. The van der Waals surface area contributed by atoms with Crippen molar-refractivity contribution >= 4 is 18.4 Å². The number of rotatable bonds is 7. The normalized spacial score (nSPS) is 12.8. The quantitative estimate of drug-likeness (QED) is 0.767. The second-order valence-corrected chi connectivity index (χ2v) is 4.74. The van der Waals surface area contributed by atoms with Gasteiger partial charge >= 0.3 is 5.97 Å². The molecule has 1 unspecified atom stereocenters. The van der Waals surface area contributed by atoms with Gasteiger partial charge in [-0.15, -0.1) is 12.4 Å². The molecule has 0 amide bonds. The number of halogens is 1. The van der Waals surface area contributed by atoms with Crippen molar-refractivity contribution in [3.05, 3.63) is 66.2 Å². The molecule has 0 saturated heterocycles. The molecule has 4 nitrogen and oxygen atoms in total. The zero-order valence-electron chi connectivity index (χ0n) is 12.4. The monoisotopic (exact) mass is 321 g/mol. The smallest absolute Gasteiger partial charge is 0.363 e. The van der Waals surface area contributed by atoms with Gasteiger partial charge in [0, 0.05) is 13.0 Å². The van der Waals surface area contributed by atoms with E-state index in [1.165, 1.54) is 0 Å². The summed E-state index contributed by atoms with van der Waals surface area (Å²) in [7, 11) is 0. The SMILES string of the molecule is CCC(NCc1ccccc1)(Oc1ccccc1)C(=O)O.Cl. The number of para-hydroxylation sites is 1. The van der Waals surface area contributed by atoms with Crippen LogP contribution >= 0.6 is 12.4 Å². The lowest BCUT2D eigenvalue weighted by Crippen LogP contribution is -2.56. The van der Waals surface area contributed by atoms with E-state index in [1.54, 1.807) is 19.1 Å². The summed E-state index contributed by atoms with van der Waals surface area (Å²) in [6, 6.07) is 18.6. The van der Waals surface area contributed by atoms with Crippen LogP contribution in [0, 0.1) is 0 Å². The Hall–Kier alpha value is -2.04. The first kappa shape index (κ1) is 18.0. The van der Waals surface area contributed by atoms with E-state index >= 15 is 0 Å². The highest BCUT2D eigenvalue weighted by Crippen LogP contribution is 2.20. The summed E-state index contributed by atoms with van der Waals surface area (Å²) in [6.45, 7) is 2.21. The third kappa shape index (κ3) is 4.48. The molecule has 2 aromatic carbocycles. The Labute approximate surface area is 136 Å². The molecule has 2 N–H and O–H groups in total. The Morgan fingerprint density at radius 2 is 1.64 bits per heavy atom. The van der Waals surface area contributed by atoms with E-state index in [-0.39, 0.29) is 12.4 Å². The molecule has 0 aromatic heterocycles. The molecule has 0 spiro atoms. The Morgan fingerprint density at radius 3 is 2.14 bits per heavy atom. The summed E-state index contributed by atoms with van der Waals surface area (Å²) in [4.78, 5) is 11.7. The molecule has 118 valence electrons. The standard InChI is InChI=1S/C17H19NO3.ClH/c1-2-17(16(19)20,21-15-11-7-4-8-12-15)18-13-14-9-5-3-6-10-14;/h3-12,18H,2,13H2,1H3,(H,19,20);1H. The van der Waals surface area contributed by atoms with Gasteiger partial charge in [0.25, 0.3) is 5.72 Å². The van der Waals surface area contributed by atoms with Crippen LogP contribution in [-0.4, -0.2) is 16.8 Å². The largest absolute Gasteiger partial charge is 0.477 e. The average Bonchev–Trinajstić information content (AvgIpc) is 2.53. The van der Waals surface area contributed by atoms with E-state index in [1.807, 2.05) is 48.5 Å². The van der Waals surface area contributed by atoms with Crippen LogP contribution in [0.5, 0.6) is 5.75 Å². The van der Waals surface area contributed by atoms with E-state index in [4.69, 9.17) is 4.74 Å². The summed E-state index contributed by atoms with van der Waals surface area (Å²) in [5.41, 5.74) is -0.426. The third-order valence-electron chi connectivity index (χ3n) is 3.30. The van der Waals surface area contributed by atoms with Crippen molar-refractivity contribution in [3.8, 4) is 5.75 Å². The number of hydrogen-bond acceptors (Lipinski definition) is 3. The van der Waals surface area contributed by atoms with Crippen molar-refractivity contribution in [1.29, 1.82) is 0 Å². The van der Waals surface area contributed by atoms with Crippen LogP contribution in [0.15, 0.2) is 60.7 Å². The first-order valence-corrected chi connectivity index (χ1v) is 6.93. The minimum Gasteiger partial charge on any atom is -0.477 e. The third-order valence-corrected chi connectivity index (χ3v) is 3.30. The molecule has 0 aliphatic heterocycles. The molecular weight excluding hydrogens is 302 g/mol. The molecule has 0 saturated carbocycles. The highest BCUT2D eigenvalue weighted by molar-refractivity contribution is 5.85. The summed E-state index contributed by atoms with van der Waals surface area (Å²) in [6.07, 6.45) is 0.310. The minimum absolute atomic E-state index is 0. The van der Waals surface area contributed by atoms with Crippen molar-refractivity contribution in [2.24, 2.45) is 0 Å². The van der Waals surface area contributed by atoms with Crippen LogP contribution in [0.2, 0.25) is 0 Å². The van der Waals surface area contributed by atoms with Gasteiger partial charge in [0.1, 0.15) is 5.75 Å². The molecule has 1 atom stereocenters. The van der Waals surface area contributed by atoms with E-state index in [0.29, 0.717) is 18.7 Å². The molecule has 2 aromatic rings. The number of ether oxygens (including phenoxy) is 1. The summed E-state index contributed by atoms with van der Waals surface area (Å²) < 4.78 is 5.72. The highest BCUT2D eigenvalue weighted by atomic mass is 35.5. The lowest BCUT2D eigenvalue weighted by atomic mass is 10.1. The van der Waals surface area contributed by atoms with Gasteiger partial charge in [0.2, 0.25) is 0 Å². The zero-order valence-corrected chi connectivity index (χ0v) is 13.2. The molecule has 0 radical (unpaired) electrons. The topological polar surface area (TPSA) is 58.6 Å². The predicted octanol–water partition coefficient (Wildman–Crippen LogP) is 3.47. The van der Waals surface area contributed by atoms with E-state index in [9.17, 15) is 9.90 Å². The Morgan fingerprint density at radius 1 is 1.09 bits per heavy atom. The van der Waals surface area contributed by atoms with Gasteiger partial charge in [-0.2, -0.15) is 0 Å². The second-order valence-electron chi connectivity index (χ2n) is 4.74. The number of aliphatic carboxylic acids is 1. The minimum atomic E-state index is -1.43. The number of carbonyl (C=O) groups is 1. The molecule has 0 aliphatic rings. The number of nitrogens with one attached hydrogen (secondary N) is 1. The van der Waals surface area contributed by atoms with Gasteiger partial charge in [-0.3, -0.25) is 5.32 Å². The molecule has 22 heavy (non-hydrogen) atoms. The van der Waals surface area contributed by atoms with Crippen molar-refractivity contribution in [2.45, 2.75) is 25.6 Å². The number of hydrogen-bond donors (Lipinski definition) is 2. The fourth-order valence-corrected chi connectivity index (χ4v) is 2.03. The molecule has 0 fully saturated rings. The molecule has 0 bridgehead atoms. The van der Waals surface area contributed by atoms with Crippen molar-refractivity contribution < 1.29 is 14.6 Å². The first-order chi connectivity index (χ1) is 10.2. The van der Waals surface area contributed by atoms with Crippen molar-refractivity contribution in [1.82, 2.24) is 5.32 Å². The second kappa shape index (κ2) is 8.41. The van der Waals surface area contributed by atoms with Crippen LogP contribution in [-0.2, 0) is 11.3 Å². The number of carboxylic acids is 1. The molecular formula is C17H20ClNO3. The van der Waals surface area contributed by atoms with Gasteiger partial charge in [-0.25, -0.2) is 4.79 Å². The van der Waals surface area contributed by atoms with Crippen LogP contribution in [0.25, 0.3) is 0 Å². The fraction of sp³-hybridized carbons (Fsp3) is 0.235. The summed E-state index contributed by atoms with van der Waals surface area (Å²) in [5.74, 6) is -0.493. The van der Waals surface area contributed by atoms with Gasteiger partial charge in [0.05, 0.1) is 0 Å². The predicted molar refractivity (Wildman–Crippen MR) is 88.3 cm³/mol. The molecule has 2 rings (SSSR count). The first-order valence-electron chi connectivity index (χ1n) is 6.93. The Balaban J connectivity index is 0.00000242. The van der Waals surface area contributed by atoms with Crippen LogP contribution < -0.4 is 10.1 Å².